The Labute approximate surface area is 196 Å². The first-order valence-electron chi connectivity index (χ1n) is 10.4. The van der Waals surface area contributed by atoms with E-state index < -0.39 is 10.0 Å². The van der Waals surface area contributed by atoms with Gasteiger partial charge in [0.05, 0.1) is 23.1 Å². The van der Waals surface area contributed by atoms with Crippen molar-refractivity contribution in [1.29, 1.82) is 5.26 Å². The van der Waals surface area contributed by atoms with Crippen molar-refractivity contribution in [2.45, 2.75) is 17.7 Å². The molecule has 8 nitrogen and oxygen atoms in total. The van der Waals surface area contributed by atoms with Gasteiger partial charge in [-0.3, -0.25) is 9.52 Å². The number of benzene rings is 2. The standard InChI is InChI=1S/C23H22N4O4S2/c24-13-17-6-4-8-19(12-17)31-15-18-7-5-11-27(14-18)22(28)21-16-32-23(25-21)26-33(29,30)20-9-2-1-3-10-20/h1-4,6,8-10,12,16,18H,5,7,11,14-15H2,(H,25,26). The highest BCUT2D eigenvalue weighted by Gasteiger charge is 2.27. The Kier molecular flexibility index (Phi) is 6.91. The summed E-state index contributed by atoms with van der Waals surface area (Å²) in [5.41, 5.74) is 0.754. The number of ether oxygens (including phenoxy) is 1. The van der Waals surface area contributed by atoms with E-state index in [-0.39, 0.29) is 27.5 Å². The Morgan fingerprint density at radius 2 is 2.06 bits per heavy atom. The molecule has 1 atom stereocenters. The molecule has 1 saturated heterocycles. The zero-order chi connectivity index (χ0) is 23.3. The Balaban J connectivity index is 1.36. The van der Waals surface area contributed by atoms with Crippen molar-refractivity contribution in [3.63, 3.8) is 0 Å². The monoisotopic (exact) mass is 482 g/mol. The topological polar surface area (TPSA) is 112 Å². The molecule has 2 aromatic carbocycles. The first kappa shape index (κ1) is 22.8. The SMILES string of the molecule is N#Cc1cccc(OCC2CCCN(C(=O)c3csc(NS(=O)(=O)c4ccccc4)n3)C2)c1. The lowest BCUT2D eigenvalue weighted by atomic mass is 9.98. The van der Waals surface area contributed by atoms with E-state index >= 15 is 0 Å². The van der Waals surface area contributed by atoms with Crippen LogP contribution in [0, 0.1) is 17.2 Å². The fraction of sp³-hybridized carbons (Fsp3) is 0.261. The van der Waals surface area contributed by atoms with Crippen LogP contribution >= 0.6 is 11.3 Å². The highest BCUT2D eigenvalue weighted by molar-refractivity contribution is 7.93. The molecule has 4 rings (SSSR count). The quantitative estimate of drug-likeness (QED) is 0.549. The number of thiazole rings is 1. The minimum absolute atomic E-state index is 0.132. The number of rotatable bonds is 7. The average molecular weight is 483 g/mol. The summed E-state index contributed by atoms with van der Waals surface area (Å²) in [6.07, 6.45) is 1.77. The molecule has 1 unspecified atom stereocenters. The van der Waals surface area contributed by atoms with E-state index in [1.807, 2.05) is 0 Å². The van der Waals surface area contributed by atoms with Crippen molar-refractivity contribution in [3.8, 4) is 11.8 Å². The van der Waals surface area contributed by atoms with Crippen molar-refractivity contribution in [2.75, 3.05) is 24.4 Å². The Morgan fingerprint density at radius 3 is 2.85 bits per heavy atom. The number of aromatic nitrogens is 1. The van der Waals surface area contributed by atoms with Crippen LogP contribution in [0.5, 0.6) is 5.75 Å². The number of piperidine rings is 1. The van der Waals surface area contributed by atoms with Crippen LogP contribution < -0.4 is 9.46 Å². The molecular weight excluding hydrogens is 460 g/mol. The van der Waals surface area contributed by atoms with E-state index in [2.05, 4.69) is 15.8 Å². The van der Waals surface area contributed by atoms with Crippen LogP contribution in [0.2, 0.25) is 0 Å². The van der Waals surface area contributed by atoms with Gasteiger partial charge in [0.25, 0.3) is 15.9 Å². The summed E-state index contributed by atoms with van der Waals surface area (Å²) in [4.78, 5) is 19.0. The van der Waals surface area contributed by atoms with Crippen LogP contribution in [0.4, 0.5) is 5.13 Å². The van der Waals surface area contributed by atoms with Crippen molar-refractivity contribution < 1.29 is 17.9 Å². The normalized spacial score (nSPS) is 16.1. The van der Waals surface area contributed by atoms with Crippen LogP contribution in [0.3, 0.4) is 0 Å². The first-order valence-corrected chi connectivity index (χ1v) is 12.8. The molecule has 1 aromatic heterocycles. The minimum Gasteiger partial charge on any atom is -0.493 e. The van der Waals surface area contributed by atoms with Crippen LogP contribution in [0.15, 0.2) is 64.9 Å². The van der Waals surface area contributed by atoms with Crippen LogP contribution in [-0.4, -0.2) is 43.9 Å². The Hall–Kier alpha value is -3.42. The van der Waals surface area contributed by atoms with Crippen LogP contribution in [-0.2, 0) is 10.0 Å². The molecule has 0 saturated carbocycles. The second-order valence-electron chi connectivity index (χ2n) is 7.67. The van der Waals surface area contributed by atoms with Crippen molar-refractivity contribution in [1.82, 2.24) is 9.88 Å². The van der Waals surface area contributed by atoms with E-state index in [0.29, 0.717) is 31.0 Å². The summed E-state index contributed by atoms with van der Waals surface area (Å²) in [7, 11) is -3.76. The van der Waals surface area contributed by atoms with E-state index in [0.717, 1.165) is 24.2 Å². The van der Waals surface area contributed by atoms with Gasteiger partial charge in [0.15, 0.2) is 5.13 Å². The molecule has 3 aromatic rings. The maximum Gasteiger partial charge on any atom is 0.273 e. The van der Waals surface area contributed by atoms with Gasteiger partial charge in [-0.1, -0.05) is 24.3 Å². The van der Waals surface area contributed by atoms with Gasteiger partial charge >= 0.3 is 0 Å². The predicted molar refractivity (Wildman–Crippen MR) is 125 cm³/mol. The second kappa shape index (κ2) is 10.0. The number of nitrogens with zero attached hydrogens (tertiary/aromatic N) is 3. The molecule has 1 aliphatic rings. The molecule has 0 spiro atoms. The van der Waals surface area contributed by atoms with E-state index in [1.54, 1.807) is 52.7 Å². The van der Waals surface area contributed by atoms with Gasteiger partial charge < -0.3 is 9.64 Å². The molecule has 2 heterocycles. The first-order chi connectivity index (χ1) is 15.9. The van der Waals surface area contributed by atoms with Crippen LogP contribution in [0.1, 0.15) is 28.9 Å². The van der Waals surface area contributed by atoms with Crippen molar-refractivity contribution in [3.05, 3.63) is 71.2 Å². The van der Waals surface area contributed by atoms with Gasteiger partial charge in [0.2, 0.25) is 0 Å². The molecule has 170 valence electrons. The van der Waals surface area contributed by atoms with Crippen LogP contribution in [0.25, 0.3) is 0 Å². The number of sulfonamides is 1. The second-order valence-corrected chi connectivity index (χ2v) is 10.2. The van der Waals surface area contributed by atoms with Crippen molar-refractivity contribution in [2.24, 2.45) is 5.92 Å². The van der Waals surface area contributed by atoms with Gasteiger partial charge in [-0.15, -0.1) is 11.3 Å². The third-order valence-electron chi connectivity index (χ3n) is 5.25. The molecular formula is C23H22N4O4S2. The van der Waals surface area contributed by atoms with Gasteiger partial charge in [-0.25, -0.2) is 13.4 Å². The predicted octanol–water partition coefficient (Wildman–Crippen LogP) is 3.75. The molecule has 10 heteroatoms. The molecule has 1 fully saturated rings. The van der Waals surface area contributed by atoms with Crippen molar-refractivity contribution >= 4 is 32.4 Å². The lowest BCUT2D eigenvalue weighted by molar-refractivity contribution is 0.0628. The maximum absolute atomic E-state index is 13.0. The third kappa shape index (κ3) is 5.69. The van der Waals surface area contributed by atoms with Gasteiger partial charge in [-0.2, -0.15) is 5.26 Å². The number of anilines is 1. The molecule has 1 amide bonds. The molecule has 1 aliphatic heterocycles. The summed E-state index contributed by atoms with van der Waals surface area (Å²) in [5.74, 6) is 0.558. The number of amides is 1. The molecule has 0 aliphatic carbocycles. The molecule has 33 heavy (non-hydrogen) atoms. The number of hydrogen-bond donors (Lipinski definition) is 1. The number of likely N-dealkylation sites (tertiary alicyclic amines) is 1. The third-order valence-corrected chi connectivity index (χ3v) is 7.50. The summed E-state index contributed by atoms with van der Waals surface area (Å²) < 4.78 is 33.2. The minimum atomic E-state index is -3.76. The lowest BCUT2D eigenvalue weighted by Gasteiger charge is -2.32. The molecule has 0 radical (unpaired) electrons. The Morgan fingerprint density at radius 1 is 1.24 bits per heavy atom. The number of nitrogens with one attached hydrogen (secondary N) is 1. The summed E-state index contributed by atoms with van der Waals surface area (Å²) in [6, 6.07) is 17.1. The number of carbonyl (C=O) groups is 1. The summed E-state index contributed by atoms with van der Waals surface area (Å²) >= 11 is 1.08. The highest BCUT2D eigenvalue weighted by atomic mass is 32.2. The van der Waals surface area contributed by atoms with Gasteiger partial charge in [0.1, 0.15) is 11.4 Å². The maximum atomic E-state index is 13.0. The zero-order valence-electron chi connectivity index (χ0n) is 17.7. The summed E-state index contributed by atoms with van der Waals surface area (Å²) in [5, 5.41) is 10.7. The molecule has 1 N–H and O–H groups in total. The van der Waals surface area contributed by atoms with Gasteiger partial charge in [-0.05, 0) is 43.2 Å². The summed E-state index contributed by atoms with van der Waals surface area (Å²) in [6.45, 7) is 1.58. The number of nitriles is 1. The average Bonchev–Trinajstić information content (AvgIpc) is 3.31. The van der Waals surface area contributed by atoms with E-state index in [9.17, 15) is 13.2 Å². The number of hydrogen-bond acceptors (Lipinski definition) is 7. The zero-order valence-corrected chi connectivity index (χ0v) is 19.3. The Bertz CT molecular complexity index is 1270. The van der Waals surface area contributed by atoms with Gasteiger partial charge in [0, 0.05) is 24.4 Å². The highest BCUT2D eigenvalue weighted by Crippen LogP contribution is 2.24. The fourth-order valence-corrected chi connectivity index (χ4v) is 5.57. The fourth-order valence-electron chi connectivity index (χ4n) is 3.61. The smallest absolute Gasteiger partial charge is 0.273 e. The van der Waals surface area contributed by atoms with E-state index in [4.69, 9.17) is 10.00 Å². The number of carbonyl (C=O) groups excluding carboxylic acids is 1. The van der Waals surface area contributed by atoms with E-state index in [1.165, 1.54) is 12.1 Å². The lowest BCUT2D eigenvalue weighted by Crippen LogP contribution is -2.41. The molecule has 0 bridgehead atoms. The largest absolute Gasteiger partial charge is 0.493 e.